The lowest BCUT2D eigenvalue weighted by Gasteiger charge is -2.35. The first-order chi connectivity index (χ1) is 9.31. The van der Waals surface area contributed by atoms with E-state index in [9.17, 15) is 4.79 Å². The Morgan fingerprint density at radius 1 is 1.35 bits per heavy atom. The number of nitrogens with one attached hydrogen (secondary N) is 1. The third-order valence-corrected chi connectivity index (χ3v) is 3.31. The maximum atomic E-state index is 11.7. The summed E-state index contributed by atoms with van der Waals surface area (Å²) in [5, 5.41) is 3.49. The van der Waals surface area contributed by atoms with E-state index in [1.807, 2.05) is 27.7 Å². The lowest BCUT2D eigenvalue weighted by Crippen LogP contribution is -2.46. The third kappa shape index (κ3) is 6.57. The molecule has 0 radical (unpaired) electrons. The van der Waals surface area contributed by atoms with Gasteiger partial charge in [-0.05, 0) is 53.5 Å². The fourth-order valence-electron chi connectivity index (χ4n) is 2.16. The number of amides is 1. The lowest BCUT2D eigenvalue weighted by molar-refractivity contribution is -0.00986. The summed E-state index contributed by atoms with van der Waals surface area (Å²) in [5.41, 5.74) is -0.427. The molecule has 0 aromatic rings. The summed E-state index contributed by atoms with van der Waals surface area (Å²) in [6, 6.07) is 0.582. The van der Waals surface area contributed by atoms with Crippen LogP contribution in [0.25, 0.3) is 0 Å². The number of hydrogen-bond acceptors (Lipinski definition) is 4. The van der Waals surface area contributed by atoms with Crippen molar-refractivity contribution >= 4 is 6.09 Å². The van der Waals surface area contributed by atoms with Crippen molar-refractivity contribution < 1.29 is 14.3 Å². The molecule has 118 valence electrons. The topological polar surface area (TPSA) is 50.8 Å². The molecule has 0 heterocycles. The van der Waals surface area contributed by atoms with Crippen LogP contribution in [0.4, 0.5) is 4.79 Å². The summed E-state index contributed by atoms with van der Waals surface area (Å²) in [5.74, 6) is 0. The van der Waals surface area contributed by atoms with E-state index in [1.54, 1.807) is 11.9 Å². The number of rotatable bonds is 7. The SMILES string of the molecule is CCOC1CC(NCCCN(C)C(=O)OC(C)(C)C)C1. The first-order valence-electron chi connectivity index (χ1n) is 7.61. The summed E-state index contributed by atoms with van der Waals surface area (Å²) in [7, 11) is 1.78. The molecule has 0 bridgehead atoms. The van der Waals surface area contributed by atoms with Crippen LogP contribution in [0.5, 0.6) is 0 Å². The number of carbonyl (C=O) groups excluding carboxylic acids is 1. The van der Waals surface area contributed by atoms with Crippen LogP contribution in [0.2, 0.25) is 0 Å². The van der Waals surface area contributed by atoms with Crippen molar-refractivity contribution in [2.24, 2.45) is 0 Å². The maximum Gasteiger partial charge on any atom is 0.410 e. The second-order valence-electron chi connectivity index (χ2n) is 6.46. The van der Waals surface area contributed by atoms with Crippen LogP contribution in [0, 0.1) is 0 Å². The van der Waals surface area contributed by atoms with Crippen LogP contribution < -0.4 is 5.32 Å². The predicted molar refractivity (Wildman–Crippen MR) is 79.9 cm³/mol. The zero-order valence-electron chi connectivity index (χ0n) is 13.6. The number of carbonyl (C=O) groups is 1. The van der Waals surface area contributed by atoms with E-state index in [0.29, 0.717) is 18.7 Å². The molecule has 0 aromatic heterocycles. The minimum absolute atomic E-state index is 0.252. The smallest absolute Gasteiger partial charge is 0.410 e. The van der Waals surface area contributed by atoms with Crippen molar-refractivity contribution in [1.82, 2.24) is 10.2 Å². The molecular formula is C15H30N2O3. The van der Waals surface area contributed by atoms with Crippen molar-refractivity contribution in [1.29, 1.82) is 0 Å². The summed E-state index contributed by atoms with van der Waals surface area (Å²) in [6.45, 7) is 10.1. The van der Waals surface area contributed by atoms with E-state index in [1.165, 1.54) is 0 Å². The molecule has 0 atom stereocenters. The van der Waals surface area contributed by atoms with Crippen molar-refractivity contribution in [3.8, 4) is 0 Å². The van der Waals surface area contributed by atoms with Gasteiger partial charge in [0.15, 0.2) is 0 Å². The zero-order valence-corrected chi connectivity index (χ0v) is 13.6. The van der Waals surface area contributed by atoms with E-state index < -0.39 is 5.60 Å². The van der Waals surface area contributed by atoms with Gasteiger partial charge in [0.1, 0.15) is 5.60 Å². The van der Waals surface area contributed by atoms with Gasteiger partial charge in [-0.2, -0.15) is 0 Å². The van der Waals surface area contributed by atoms with Gasteiger partial charge in [-0.25, -0.2) is 4.79 Å². The standard InChI is InChI=1S/C15H30N2O3/c1-6-19-13-10-12(11-13)16-8-7-9-17(5)14(18)20-15(2,3)4/h12-13,16H,6-11H2,1-5H3. The van der Waals surface area contributed by atoms with Crippen molar-refractivity contribution in [2.75, 3.05) is 26.7 Å². The van der Waals surface area contributed by atoms with Gasteiger partial charge >= 0.3 is 6.09 Å². The van der Waals surface area contributed by atoms with Crippen LogP contribution in [-0.4, -0.2) is 55.5 Å². The molecule has 0 aromatic carbocycles. The van der Waals surface area contributed by atoms with Gasteiger partial charge in [0.2, 0.25) is 0 Å². The van der Waals surface area contributed by atoms with Crippen molar-refractivity contribution in [2.45, 2.75) is 64.7 Å². The number of ether oxygens (including phenoxy) is 2. The minimum atomic E-state index is -0.427. The summed E-state index contributed by atoms with van der Waals surface area (Å²) in [6.07, 6.45) is 3.34. The van der Waals surface area contributed by atoms with Crippen LogP contribution >= 0.6 is 0 Å². The predicted octanol–water partition coefficient (Wildman–Crippen LogP) is 2.40. The molecule has 0 aliphatic heterocycles. The van der Waals surface area contributed by atoms with E-state index in [4.69, 9.17) is 9.47 Å². The molecule has 0 saturated heterocycles. The fraction of sp³-hybridized carbons (Fsp3) is 0.933. The third-order valence-electron chi connectivity index (χ3n) is 3.31. The molecule has 20 heavy (non-hydrogen) atoms. The van der Waals surface area contributed by atoms with E-state index in [2.05, 4.69) is 5.32 Å². The molecule has 1 aliphatic carbocycles. The highest BCUT2D eigenvalue weighted by molar-refractivity contribution is 5.67. The Bertz CT molecular complexity index is 296. The highest BCUT2D eigenvalue weighted by atomic mass is 16.6. The summed E-state index contributed by atoms with van der Waals surface area (Å²) < 4.78 is 10.8. The summed E-state index contributed by atoms with van der Waals surface area (Å²) >= 11 is 0. The van der Waals surface area contributed by atoms with Gasteiger partial charge in [0, 0.05) is 26.2 Å². The lowest BCUT2D eigenvalue weighted by atomic mass is 9.89. The van der Waals surface area contributed by atoms with Gasteiger partial charge in [-0.3, -0.25) is 0 Å². The quantitative estimate of drug-likeness (QED) is 0.730. The monoisotopic (exact) mass is 286 g/mol. The van der Waals surface area contributed by atoms with E-state index in [-0.39, 0.29) is 6.09 Å². The van der Waals surface area contributed by atoms with Gasteiger partial charge < -0.3 is 19.7 Å². The molecule has 0 spiro atoms. The number of nitrogens with zero attached hydrogens (tertiary/aromatic N) is 1. The Hall–Kier alpha value is -0.810. The molecule has 1 aliphatic rings. The molecule has 1 rings (SSSR count). The van der Waals surface area contributed by atoms with Gasteiger partial charge in [-0.1, -0.05) is 0 Å². The minimum Gasteiger partial charge on any atom is -0.444 e. The van der Waals surface area contributed by atoms with E-state index in [0.717, 1.165) is 32.4 Å². The molecule has 1 N–H and O–H groups in total. The van der Waals surface area contributed by atoms with Crippen molar-refractivity contribution in [3.05, 3.63) is 0 Å². The Morgan fingerprint density at radius 2 is 2.00 bits per heavy atom. The average Bonchev–Trinajstić information content (AvgIpc) is 2.28. The molecule has 1 fully saturated rings. The first-order valence-corrected chi connectivity index (χ1v) is 7.61. The second-order valence-corrected chi connectivity index (χ2v) is 6.46. The highest BCUT2D eigenvalue weighted by Crippen LogP contribution is 2.22. The molecule has 5 nitrogen and oxygen atoms in total. The Labute approximate surface area is 123 Å². The van der Waals surface area contributed by atoms with E-state index >= 15 is 0 Å². The van der Waals surface area contributed by atoms with Crippen LogP contribution in [0.3, 0.4) is 0 Å². The fourth-order valence-corrected chi connectivity index (χ4v) is 2.16. The Morgan fingerprint density at radius 3 is 2.55 bits per heavy atom. The number of hydrogen-bond donors (Lipinski definition) is 1. The average molecular weight is 286 g/mol. The highest BCUT2D eigenvalue weighted by Gasteiger charge is 2.28. The molecular weight excluding hydrogens is 256 g/mol. The van der Waals surface area contributed by atoms with Crippen LogP contribution in [0.1, 0.15) is 47.0 Å². The largest absolute Gasteiger partial charge is 0.444 e. The zero-order chi connectivity index (χ0) is 15.2. The van der Waals surface area contributed by atoms with Gasteiger partial charge in [0.25, 0.3) is 0 Å². The molecule has 1 amide bonds. The maximum absolute atomic E-state index is 11.7. The van der Waals surface area contributed by atoms with Crippen LogP contribution in [0.15, 0.2) is 0 Å². The van der Waals surface area contributed by atoms with Crippen LogP contribution in [-0.2, 0) is 9.47 Å². The Balaban J connectivity index is 2.03. The normalized spacial score (nSPS) is 22.2. The molecule has 0 unspecified atom stereocenters. The Kier molecular flexibility index (Phi) is 6.76. The van der Waals surface area contributed by atoms with Gasteiger partial charge in [-0.15, -0.1) is 0 Å². The van der Waals surface area contributed by atoms with Gasteiger partial charge in [0.05, 0.1) is 6.10 Å². The molecule has 1 saturated carbocycles. The first kappa shape index (κ1) is 17.2. The second kappa shape index (κ2) is 7.84. The summed E-state index contributed by atoms with van der Waals surface area (Å²) in [4.78, 5) is 13.4. The molecule has 5 heteroatoms. The van der Waals surface area contributed by atoms with Crippen molar-refractivity contribution in [3.63, 3.8) is 0 Å².